The van der Waals surface area contributed by atoms with Crippen molar-refractivity contribution in [2.24, 2.45) is 7.05 Å². The van der Waals surface area contributed by atoms with Gasteiger partial charge in [0.25, 0.3) is 5.91 Å². The van der Waals surface area contributed by atoms with E-state index in [-0.39, 0.29) is 11.9 Å². The molecule has 2 fully saturated rings. The molecular weight excluding hydrogens is 302 g/mol. The second-order valence-corrected chi connectivity index (χ2v) is 7.25. The van der Waals surface area contributed by atoms with E-state index in [1.54, 1.807) is 6.20 Å². The Hall–Kier alpha value is -2.11. The third kappa shape index (κ3) is 2.64. The van der Waals surface area contributed by atoms with Crippen molar-refractivity contribution in [3.8, 4) is 0 Å². The second-order valence-electron chi connectivity index (χ2n) is 7.25. The molecule has 1 amide bonds. The van der Waals surface area contributed by atoms with Gasteiger partial charge in [0.2, 0.25) is 0 Å². The van der Waals surface area contributed by atoms with E-state index in [1.165, 1.54) is 12.8 Å². The molecule has 6 nitrogen and oxygen atoms in total. The number of carbonyl (C=O) groups excluding carboxylic acids is 1. The first-order chi connectivity index (χ1) is 11.5. The summed E-state index contributed by atoms with van der Waals surface area (Å²) in [5.41, 5.74) is 4.12. The summed E-state index contributed by atoms with van der Waals surface area (Å²) in [6.45, 7) is 5.71. The summed E-state index contributed by atoms with van der Waals surface area (Å²) in [4.78, 5) is 15.2. The summed E-state index contributed by atoms with van der Waals surface area (Å²) in [7, 11) is 1.95. The molecule has 0 spiro atoms. The van der Waals surface area contributed by atoms with Gasteiger partial charge in [-0.25, -0.2) is 0 Å². The summed E-state index contributed by atoms with van der Waals surface area (Å²) in [5.74, 6) is 0.669. The molecule has 2 aliphatic rings. The van der Waals surface area contributed by atoms with Crippen molar-refractivity contribution in [3.05, 3.63) is 34.9 Å². The van der Waals surface area contributed by atoms with Crippen molar-refractivity contribution >= 4 is 5.91 Å². The van der Waals surface area contributed by atoms with Crippen LogP contribution in [0, 0.1) is 13.8 Å². The Morgan fingerprint density at radius 2 is 2.08 bits per heavy atom. The first-order valence-corrected chi connectivity index (χ1v) is 8.88. The maximum Gasteiger partial charge on any atom is 0.257 e. The number of aromatic nitrogens is 4. The summed E-state index contributed by atoms with van der Waals surface area (Å²) in [6.07, 6.45) is 6.22. The van der Waals surface area contributed by atoms with Crippen LogP contribution in [0.15, 0.2) is 12.3 Å². The Bertz CT molecular complexity index is 770. The van der Waals surface area contributed by atoms with Crippen LogP contribution in [0.5, 0.6) is 0 Å². The highest BCUT2D eigenvalue weighted by Crippen LogP contribution is 2.41. The monoisotopic (exact) mass is 327 g/mol. The predicted molar refractivity (Wildman–Crippen MR) is 90.9 cm³/mol. The van der Waals surface area contributed by atoms with E-state index in [1.807, 2.05) is 28.2 Å². The number of likely N-dealkylation sites (tertiary alicyclic amines) is 1. The van der Waals surface area contributed by atoms with E-state index >= 15 is 0 Å². The number of hydrogen-bond acceptors (Lipinski definition) is 3. The SMILES string of the molecule is Cc1cc(C)n(C[C@H]2CCCN2C(=O)c2cnn(C)c2C2CC2)n1. The van der Waals surface area contributed by atoms with Crippen LogP contribution in [0.2, 0.25) is 0 Å². The molecule has 0 aromatic carbocycles. The van der Waals surface area contributed by atoms with Crippen molar-refractivity contribution < 1.29 is 4.79 Å². The molecule has 3 heterocycles. The van der Waals surface area contributed by atoms with Crippen LogP contribution in [0.25, 0.3) is 0 Å². The molecule has 1 atom stereocenters. The summed E-state index contributed by atoms with van der Waals surface area (Å²) < 4.78 is 3.92. The third-order valence-electron chi connectivity index (χ3n) is 5.30. The van der Waals surface area contributed by atoms with Gasteiger partial charge in [-0.15, -0.1) is 0 Å². The molecule has 1 aliphatic carbocycles. The Labute approximate surface area is 142 Å². The van der Waals surface area contributed by atoms with E-state index in [4.69, 9.17) is 0 Å². The maximum absolute atomic E-state index is 13.1. The standard InChI is InChI=1S/C18H25N5O/c1-12-9-13(2)23(20-12)11-15-5-4-8-22(15)18(24)16-10-19-21(3)17(16)14-6-7-14/h9-10,14-15H,4-8,11H2,1-3H3/t15-/m1/s1. The van der Waals surface area contributed by atoms with Crippen LogP contribution < -0.4 is 0 Å². The van der Waals surface area contributed by atoms with Gasteiger partial charge in [-0.2, -0.15) is 10.2 Å². The highest BCUT2D eigenvalue weighted by Gasteiger charge is 2.36. The molecule has 1 saturated carbocycles. The lowest BCUT2D eigenvalue weighted by Gasteiger charge is -2.25. The number of carbonyl (C=O) groups is 1. The Morgan fingerprint density at radius 1 is 1.29 bits per heavy atom. The molecule has 6 heteroatoms. The van der Waals surface area contributed by atoms with Gasteiger partial charge >= 0.3 is 0 Å². The van der Waals surface area contributed by atoms with Gasteiger partial charge in [0, 0.05) is 25.2 Å². The van der Waals surface area contributed by atoms with Crippen molar-refractivity contribution in [2.45, 2.75) is 58.0 Å². The second kappa shape index (κ2) is 5.76. The Morgan fingerprint density at radius 3 is 2.75 bits per heavy atom. The molecule has 2 aromatic rings. The van der Waals surface area contributed by atoms with Crippen LogP contribution in [0.3, 0.4) is 0 Å². The minimum Gasteiger partial charge on any atom is -0.334 e. The van der Waals surface area contributed by atoms with Crippen LogP contribution in [-0.4, -0.2) is 43.0 Å². The van der Waals surface area contributed by atoms with Gasteiger partial charge in [0.05, 0.1) is 35.7 Å². The summed E-state index contributed by atoms with van der Waals surface area (Å²) in [6, 6.07) is 2.32. The van der Waals surface area contributed by atoms with E-state index in [0.29, 0.717) is 5.92 Å². The molecule has 4 rings (SSSR count). The molecule has 0 N–H and O–H groups in total. The van der Waals surface area contributed by atoms with Crippen molar-refractivity contribution in [3.63, 3.8) is 0 Å². The fraction of sp³-hybridized carbons (Fsp3) is 0.611. The molecule has 1 aliphatic heterocycles. The molecule has 0 unspecified atom stereocenters. The summed E-state index contributed by atoms with van der Waals surface area (Å²) >= 11 is 0. The predicted octanol–water partition coefficient (Wildman–Crippen LogP) is 2.42. The number of aryl methyl sites for hydroxylation is 3. The van der Waals surface area contributed by atoms with E-state index in [2.05, 4.69) is 23.2 Å². The van der Waals surface area contributed by atoms with Gasteiger partial charge in [-0.1, -0.05) is 0 Å². The molecule has 0 radical (unpaired) electrons. The lowest BCUT2D eigenvalue weighted by molar-refractivity contribution is 0.0719. The van der Waals surface area contributed by atoms with Gasteiger partial charge in [-0.05, 0) is 45.6 Å². The molecule has 24 heavy (non-hydrogen) atoms. The average molecular weight is 327 g/mol. The van der Waals surface area contributed by atoms with Crippen LogP contribution in [0.4, 0.5) is 0 Å². The molecule has 1 saturated heterocycles. The Kier molecular flexibility index (Phi) is 3.70. The third-order valence-corrected chi connectivity index (χ3v) is 5.30. The van der Waals surface area contributed by atoms with Crippen LogP contribution in [-0.2, 0) is 13.6 Å². The Balaban J connectivity index is 1.56. The molecule has 128 valence electrons. The molecular formula is C18H25N5O. The van der Waals surface area contributed by atoms with Crippen LogP contribution in [0.1, 0.15) is 59.0 Å². The zero-order valence-electron chi connectivity index (χ0n) is 14.7. The maximum atomic E-state index is 13.1. The fourth-order valence-corrected chi connectivity index (χ4v) is 3.96. The van der Waals surface area contributed by atoms with E-state index < -0.39 is 0 Å². The number of amides is 1. The number of rotatable bonds is 4. The van der Waals surface area contributed by atoms with Crippen molar-refractivity contribution in [1.82, 2.24) is 24.5 Å². The van der Waals surface area contributed by atoms with Gasteiger partial charge < -0.3 is 4.90 Å². The van der Waals surface area contributed by atoms with Crippen LogP contribution >= 0.6 is 0 Å². The molecule has 2 aromatic heterocycles. The zero-order valence-corrected chi connectivity index (χ0v) is 14.7. The minimum atomic E-state index is 0.147. The highest BCUT2D eigenvalue weighted by molar-refractivity contribution is 5.95. The quantitative estimate of drug-likeness (QED) is 0.866. The van der Waals surface area contributed by atoms with Crippen molar-refractivity contribution in [2.75, 3.05) is 6.54 Å². The smallest absolute Gasteiger partial charge is 0.257 e. The topological polar surface area (TPSA) is 56.0 Å². The molecule has 0 bridgehead atoms. The van der Waals surface area contributed by atoms with Gasteiger partial charge in [-0.3, -0.25) is 14.2 Å². The number of hydrogen-bond donors (Lipinski definition) is 0. The summed E-state index contributed by atoms with van der Waals surface area (Å²) in [5, 5.41) is 8.91. The fourth-order valence-electron chi connectivity index (χ4n) is 3.96. The van der Waals surface area contributed by atoms with Gasteiger partial charge in [0.1, 0.15) is 0 Å². The first kappa shape index (κ1) is 15.4. The van der Waals surface area contributed by atoms with Gasteiger partial charge in [0.15, 0.2) is 0 Å². The highest BCUT2D eigenvalue weighted by atomic mass is 16.2. The average Bonchev–Trinajstić information content (AvgIpc) is 2.99. The largest absolute Gasteiger partial charge is 0.334 e. The van der Waals surface area contributed by atoms with Crippen molar-refractivity contribution in [1.29, 1.82) is 0 Å². The van der Waals surface area contributed by atoms with E-state index in [0.717, 1.165) is 48.6 Å². The first-order valence-electron chi connectivity index (χ1n) is 8.88. The lowest BCUT2D eigenvalue weighted by Crippen LogP contribution is -2.38. The normalized spacial score (nSPS) is 20.8. The zero-order chi connectivity index (χ0) is 16.8. The van der Waals surface area contributed by atoms with E-state index in [9.17, 15) is 4.79 Å². The minimum absolute atomic E-state index is 0.147. The number of nitrogens with zero attached hydrogens (tertiary/aromatic N) is 5. The lowest BCUT2D eigenvalue weighted by atomic mass is 10.1.